The first-order chi connectivity index (χ1) is 16.2. The molecule has 0 spiro atoms. The van der Waals surface area contributed by atoms with Gasteiger partial charge < -0.3 is 14.5 Å². The van der Waals surface area contributed by atoms with Gasteiger partial charge in [0.25, 0.3) is 5.91 Å². The number of fused-ring (bicyclic) bond motifs is 1. The number of aromatic nitrogens is 2. The van der Waals surface area contributed by atoms with Crippen LogP contribution in [-0.4, -0.2) is 59.3 Å². The Morgan fingerprint density at radius 1 is 1.18 bits per heavy atom. The summed E-state index contributed by atoms with van der Waals surface area (Å²) in [5.74, 6) is 0.989. The van der Waals surface area contributed by atoms with Crippen molar-refractivity contribution >= 4 is 23.2 Å². The number of hydrogen-bond acceptors (Lipinski definition) is 8. The zero-order valence-corrected chi connectivity index (χ0v) is 18.7. The SMILES string of the molecule is O=C(NN1CCC(c2nnc(C3CC(OC(F)(F)F)C3)o2)CC1)C1CNc2cc(Cl)ccc2O1. The van der Waals surface area contributed by atoms with Crippen LogP contribution in [0.3, 0.4) is 0 Å². The average molecular weight is 502 g/mol. The molecule has 1 aromatic carbocycles. The molecule has 2 aliphatic heterocycles. The third kappa shape index (κ3) is 5.23. The Morgan fingerprint density at radius 3 is 2.59 bits per heavy atom. The molecule has 34 heavy (non-hydrogen) atoms. The van der Waals surface area contributed by atoms with E-state index in [-0.39, 0.29) is 30.6 Å². The predicted molar refractivity (Wildman–Crippen MR) is 113 cm³/mol. The topological polar surface area (TPSA) is 102 Å². The molecular formula is C21H23ClF3N5O4. The summed E-state index contributed by atoms with van der Waals surface area (Å²) in [6.07, 6.45) is -4.35. The monoisotopic (exact) mass is 501 g/mol. The molecule has 1 atom stereocenters. The number of rotatable bonds is 5. The van der Waals surface area contributed by atoms with Crippen molar-refractivity contribution in [3.05, 3.63) is 35.0 Å². The number of ether oxygens (including phenoxy) is 2. The maximum atomic E-state index is 12.7. The molecule has 184 valence electrons. The second-order valence-corrected chi connectivity index (χ2v) is 9.13. The van der Waals surface area contributed by atoms with E-state index in [9.17, 15) is 18.0 Å². The van der Waals surface area contributed by atoms with E-state index in [1.54, 1.807) is 18.2 Å². The number of hydrogen-bond donors (Lipinski definition) is 2. The third-order valence-corrected chi connectivity index (χ3v) is 6.53. The smallest absolute Gasteiger partial charge is 0.476 e. The van der Waals surface area contributed by atoms with E-state index in [0.29, 0.717) is 55.0 Å². The van der Waals surface area contributed by atoms with E-state index in [4.69, 9.17) is 20.8 Å². The Morgan fingerprint density at radius 2 is 1.88 bits per heavy atom. The van der Waals surface area contributed by atoms with Gasteiger partial charge in [-0.3, -0.25) is 15.0 Å². The molecule has 0 radical (unpaired) electrons. The van der Waals surface area contributed by atoms with Crippen molar-refractivity contribution in [2.24, 2.45) is 0 Å². The number of amides is 1. The lowest BCUT2D eigenvalue weighted by atomic mass is 9.82. The van der Waals surface area contributed by atoms with Gasteiger partial charge in [0.05, 0.1) is 18.3 Å². The Hall–Kier alpha value is -2.57. The molecule has 13 heteroatoms. The molecule has 1 saturated carbocycles. The number of anilines is 1. The number of benzene rings is 1. The summed E-state index contributed by atoms with van der Waals surface area (Å²) in [4.78, 5) is 12.7. The molecule has 1 amide bonds. The molecule has 9 nitrogen and oxygen atoms in total. The van der Waals surface area contributed by atoms with Crippen LogP contribution in [0, 0.1) is 0 Å². The minimum Gasteiger partial charge on any atom is -0.476 e. The fourth-order valence-corrected chi connectivity index (χ4v) is 4.55. The van der Waals surface area contributed by atoms with Gasteiger partial charge in [-0.1, -0.05) is 11.6 Å². The third-order valence-electron chi connectivity index (χ3n) is 6.29. The maximum Gasteiger partial charge on any atom is 0.522 e. The molecule has 2 N–H and O–H groups in total. The fourth-order valence-electron chi connectivity index (χ4n) is 4.38. The van der Waals surface area contributed by atoms with Crippen molar-refractivity contribution in [3.63, 3.8) is 0 Å². The van der Waals surface area contributed by atoms with E-state index in [2.05, 4.69) is 25.7 Å². The predicted octanol–water partition coefficient (Wildman–Crippen LogP) is 3.59. The van der Waals surface area contributed by atoms with Crippen LogP contribution in [0.25, 0.3) is 0 Å². The Balaban J connectivity index is 1.07. The van der Waals surface area contributed by atoms with E-state index < -0.39 is 18.6 Å². The number of nitrogens with zero attached hydrogens (tertiary/aromatic N) is 3. The van der Waals surface area contributed by atoms with E-state index in [1.807, 2.05) is 5.01 Å². The molecule has 2 fully saturated rings. The number of carbonyl (C=O) groups excluding carboxylic acids is 1. The van der Waals surface area contributed by atoms with Crippen LogP contribution in [0.2, 0.25) is 5.02 Å². The summed E-state index contributed by atoms with van der Waals surface area (Å²) < 4.78 is 52.4. The molecule has 2 aromatic rings. The lowest BCUT2D eigenvalue weighted by Crippen LogP contribution is -2.53. The summed E-state index contributed by atoms with van der Waals surface area (Å²) in [5.41, 5.74) is 3.65. The van der Waals surface area contributed by atoms with Gasteiger partial charge >= 0.3 is 6.36 Å². The first kappa shape index (κ1) is 23.2. The van der Waals surface area contributed by atoms with Crippen molar-refractivity contribution in [1.29, 1.82) is 0 Å². The highest BCUT2D eigenvalue weighted by Gasteiger charge is 2.42. The molecule has 1 aromatic heterocycles. The molecule has 1 saturated heterocycles. The zero-order valence-electron chi connectivity index (χ0n) is 18.0. The summed E-state index contributed by atoms with van der Waals surface area (Å²) >= 11 is 5.98. The van der Waals surface area contributed by atoms with Crippen molar-refractivity contribution in [1.82, 2.24) is 20.6 Å². The fraction of sp³-hybridized carbons (Fsp3) is 0.571. The summed E-state index contributed by atoms with van der Waals surface area (Å²) in [6.45, 7) is 1.51. The van der Waals surface area contributed by atoms with Crippen LogP contribution in [0.1, 0.15) is 49.3 Å². The molecule has 5 rings (SSSR count). The number of alkyl halides is 3. The minimum absolute atomic E-state index is 0.0286. The highest BCUT2D eigenvalue weighted by Crippen LogP contribution is 2.41. The van der Waals surface area contributed by atoms with Gasteiger partial charge in [-0.25, -0.2) is 5.01 Å². The van der Waals surface area contributed by atoms with Crippen LogP contribution < -0.4 is 15.5 Å². The summed E-state index contributed by atoms with van der Waals surface area (Å²) in [5, 5.41) is 13.7. The number of carbonyl (C=O) groups is 1. The van der Waals surface area contributed by atoms with Crippen molar-refractivity contribution in [2.75, 3.05) is 25.0 Å². The summed E-state index contributed by atoms with van der Waals surface area (Å²) in [7, 11) is 0. The lowest BCUT2D eigenvalue weighted by Gasteiger charge is -2.33. The second-order valence-electron chi connectivity index (χ2n) is 8.70. The maximum absolute atomic E-state index is 12.7. The van der Waals surface area contributed by atoms with Crippen LogP contribution in [0.4, 0.5) is 18.9 Å². The normalized spacial score (nSPS) is 25.6. The Bertz CT molecular complexity index is 1040. The van der Waals surface area contributed by atoms with Gasteiger partial charge in [-0.05, 0) is 43.9 Å². The van der Waals surface area contributed by atoms with E-state index in [1.165, 1.54) is 0 Å². The number of halogens is 4. The highest BCUT2D eigenvalue weighted by atomic mass is 35.5. The van der Waals surface area contributed by atoms with Crippen molar-refractivity contribution in [3.8, 4) is 5.75 Å². The molecule has 0 bridgehead atoms. The first-order valence-electron chi connectivity index (χ1n) is 11.1. The van der Waals surface area contributed by atoms with Gasteiger partial charge in [0.2, 0.25) is 11.8 Å². The molecule has 1 unspecified atom stereocenters. The molecule has 3 aliphatic rings. The van der Waals surface area contributed by atoms with Crippen LogP contribution in [0.5, 0.6) is 5.75 Å². The second kappa shape index (κ2) is 9.23. The van der Waals surface area contributed by atoms with Crippen LogP contribution in [0.15, 0.2) is 22.6 Å². The highest BCUT2D eigenvalue weighted by molar-refractivity contribution is 6.30. The van der Waals surface area contributed by atoms with Gasteiger partial charge in [0, 0.05) is 29.9 Å². The quantitative estimate of drug-likeness (QED) is 0.641. The zero-order chi connectivity index (χ0) is 23.9. The van der Waals surface area contributed by atoms with Crippen molar-refractivity contribution < 1.29 is 31.9 Å². The lowest BCUT2D eigenvalue weighted by molar-refractivity contribution is -0.352. The van der Waals surface area contributed by atoms with Gasteiger partial charge in [0.15, 0.2) is 6.10 Å². The Kier molecular flexibility index (Phi) is 6.30. The van der Waals surface area contributed by atoms with Crippen LogP contribution in [-0.2, 0) is 9.53 Å². The first-order valence-corrected chi connectivity index (χ1v) is 11.4. The van der Waals surface area contributed by atoms with E-state index in [0.717, 1.165) is 5.69 Å². The van der Waals surface area contributed by atoms with Gasteiger partial charge in [-0.2, -0.15) is 0 Å². The van der Waals surface area contributed by atoms with Gasteiger partial charge in [-0.15, -0.1) is 23.4 Å². The average Bonchev–Trinajstić information content (AvgIpc) is 3.25. The molecular weight excluding hydrogens is 479 g/mol. The standard InChI is InChI=1S/C21H23ClF3N5O4/c22-13-1-2-16-15(9-13)26-10-17(32-16)18(31)29-30-5-3-11(4-6-30)19-27-28-20(33-19)12-7-14(8-12)34-21(23,24)25/h1-2,9,11-12,14,17,26H,3-8,10H2,(H,29,31). The molecule has 3 heterocycles. The Labute approximate surface area is 197 Å². The number of hydrazine groups is 1. The van der Waals surface area contributed by atoms with Gasteiger partial charge in [0.1, 0.15) is 5.75 Å². The van der Waals surface area contributed by atoms with Crippen LogP contribution >= 0.6 is 11.6 Å². The van der Waals surface area contributed by atoms with E-state index >= 15 is 0 Å². The number of nitrogens with one attached hydrogen (secondary N) is 2. The minimum atomic E-state index is -4.63. The number of piperidine rings is 1. The van der Waals surface area contributed by atoms with Crippen molar-refractivity contribution in [2.45, 2.75) is 56.1 Å². The molecule has 1 aliphatic carbocycles. The summed E-state index contributed by atoms with van der Waals surface area (Å²) in [6, 6.07) is 5.18. The largest absolute Gasteiger partial charge is 0.522 e.